The Morgan fingerprint density at radius 3 is 2.70 bits per heavy atom. The van der Waals surface area contributed by atoms with E-state index in [-0.39, 0.29) is 0 Å². The van der Waals surface area contributed by atoms with E-state index in [2.05, 4.69) is 25.8 Å². The van der Waals surface area contributed by atoms with Crippen molar-refractivity contribution in [3.8, 4) is 0 Å². The Balaban J connectivity index is 2.65. The van der Waals surface area contributed by atoms with E-state index in [0.29, 0.717) is 0 Å². The van der Waals surface area contributed by atoms with Crippen LogP contribution in [-0.4, -0.2) is 4.98 Å². The number of aromatic nitrogens is 1. The number of rotatable bonds is 2. The summed E-state index contributed by atoms with van der Waals surface area (Å²) in [5, 5.41) is 0. The van der Waals surface area contributed by atoms with Crippen molar-refractivity contribution >= 4 is 11.3 Å². The van der Waals surface area contributed by atoms with Crippen LogP contribution in [0.25, 0.3) is 0 Å². The lowest BCUT2D eigenvalue weighted by molar-refractivity contribution is 0.635. The predicted molar refractivity (Wildman–Crippen MR) is 45.4 cm³/mol. The van der Waals surface area contributed by atoms with Crippen molar-refractivity contribution in [1.29, 1.82) is 0 Å². The number of hydrogen-bond donors (Lipinski definition) is 0. The summed E-state index contributed by atoms with van der Waals surface area (Å²) in [4.78, 5) is 5.64. The van der Waals surface area contributed by atoms with Gasteiger partial charge in [0.25, 0.3) is 0 Å². The minimum absolute atomic E-state index is 0.723. The summed E-state index contributed by atoms with van der Waals surface area (Å²) >= 11 is 1.74. The molecule has 0 bridgehead atoms. The molecule has 1 aromatic rings. The van der Waals surface area contributed by atoms with E-state index in [1.54, 1.807) is 11.3 Å². The standard InChI is InChI=1S/C8H13NS/c1-6(2)4-8-7(3)10-5-9-8/h5-6H,4H2,1-3H3. The van der Waals surface area contributed by atoms with Gasteiger partial charge in [0.1, 0.15) is 0 Å². The number of aryl methyl sites for hydroxylation is 1. The summed E-state index contributed by atoms with van der Waals surface area (Å²) in [6.45, 7) is 6.58. The van der Waals surface area contributed by atoms with Gasteiger partial charge in [-0.1, -0.05) is 13.8 Å². The fraction of sp³-hybridized carbons (Fsp3) is 0.625. The van der Waals surface area contributed by atoms with Crippen molar-refractivity contribution in [1.82, 2.24) is 4.98 Å². The average Bonchev–Trinajstić information content (AvgIpc) is 2.15. The maximum absolute atomic E-state index is 4.27. The molecule has 0 fully saturated rings. The third-order valence-corrected chi connectivity index (χ3v) is 2.25. The maximum Gasteiger partial charge on any atom is 0.0797 e. The second-order valence-electron chi connectivity index (χ2n) is 2.95. The quantitative estimate of drug-likeness (QED) is 0.640. The summed E-state index contributed by atoms with van der Waals surface area (Å²) in [7, 11) is 0. The normalized spacial score (nSPS) is 10.8. The van der Waals surface area contributed by atoms with Gasteiger partial charge in [-0.25, -0.2) is 4.98 Å². The highest BCUT2D eigenvalue weighted by molar-refractivity contribution is 7.09. The SMILES string of the molecule is Cc1scnc1CC(C)C. The molecule has 10 heavy (non-hydrogen) atoms. The van der Waals surface area contributed by atoms with E-state index >= 15 is 0 Å². The van der Waals surface area contributed by atoms with Gasteiger partial charge >= 0.3 is 0 Å². The maximum atomic E-state index is 4.27. The molecule has 0 atom stereocenters. The molecular formula is C8H13NS. The molecule has 1 nitrogen and oxygen atoms in total. The first-order valence-electron chi connectivity index (χ1n) is 3.59. The van der Waals surface area contributed by atoms with Crippen molar-refractivity contribution < 1.29 is 0 Å². The molecule has 0 unspecified atom stereocenters. The van der Waals surface area contributed by atoms with Crippen molar-refractivity contribution in [3.63, 3.8) is 0 Å². The average molecular weight is 155 g/mol. The van der Waals surface area contributed by atoms with Gasteiger partial charge in [-0.05, 0) is 19.3 Å². The van der Waals surface area contributed by atoms with Gasteiger partial charge in [0.05, 0.1) is 11.2 Å². The van der Waals surface area contributed by atoms with Crippen molar-refractivity contribution in [3.05, 3.63) is 16.1 Å². The van der Waals surface area contributed by atoms with E-state index in [9.17, 15) is 0 Å². The monoisotopic (exact) mass is 155 g/mol. The van der Waals surface area contributed by atoms with Crippen LogP contribution >= 0.6 is 11.3 Å². The number of thiazole rings is 1. The zero-order valence-corrected chi connectivity index (χ0v) is 7.53. The second-order valence-corrected chi connectivity index (χ2v) is 4.01. The van der Waals surface area contributed by atoms with E-state index in [1.165, 1.54) is 10.6 Å². The van der Waals surface area contributed by atoms with E-state index in [0.717, 1.165) is 12.3 Å². The summed E-state index contributed by atoms with van der Waals surface area (Å²) in [6, 6.07) is 0. The number of nitrogens with zero attached hydrogens (tertiary/aromatic N) is 1. The Morgan fingerprint density at radius 1 is 1.60 bits per heavy atom. The third-order valence-electron chi connectivity index (χ3n) is 1.45. The Bertz CT molecular complexity index is 203. The van der Waals surface area contributed by atoms with Crippen LogP contribution in [0, 0.1) is 12.8 Å². The van der Waals surface area contributed by atoms with Gasteiger partial charge in [-0.2, -0.15) is 0 Å². The predicted octanol–water partition coefficient (Wildman–Crippen LogP) is 2.65. The van der Waals surface area contributed by atoms with E-state index in [1.807, 2.05) is 5.51 Å². The molecule has 0 aromatic carbocycles. The van der Waals surface area contributed by atoms with E-state index < -0.39 is 0 Å². The van der Waals surface area contributed by atoms with Crippen LogP contribution in [0.2, 0.25) is 0 Å². The minimum Gasteiger partial charge on any atom is -0.249 e. The Kier molecular flexibility index (Phi) is 2.44. The van der Waals surface area contributed by atoms with Crippen LogP contribution in [0.4, 0.5) is 0 Å². The molecule has 56 valence electrons. The van der Waals surface area contributed by atoms with Crippen LogP contribution in [0.3, 0.4) is 0 Å². The fourth-order valence-corrected chi connectivity index (χ4v) is 1.52. The van der Waals surface area contributed by atoms with Crippen LogP contribution in [0.15, 0.2) is 5.51 Å². The Labute approximate surface area is 66.1 Å². The highest BCUT2D eigenvalue weighted by atomic mass is 32.1. The van der Waals surface area contributed by atoms with Gasteiger partial charge in [0, 0.05) is 4.88 Å². The first-order chi connectivity index (χ1) is 4.70. The molecule has 0 spiro atoms. The Hall–Kier alpha value is -0.370. The van der Waals surface area contributed by atoms with Gasteiger partial charge in [0.2, 0.25) is 0 Å². The molecule has 1 heterocycles. The smallest absolute Gasteiger partial charge is 0.0797 e. The summed E-state index contributed by atoms with van der Waals surface area (Å²) in [5.41, 5.74) is 3.20. The molecular weight excluding hydrogens is 142 g/mol. The van der Waals surface area contributed by atoms with Crippen LogP contribution < -0.4 is 0 Å². The Morgan fingerprint density at radius 2 is 2.30 bits per heavy atom. The lowest BCUT2D eigenvalue weighted by atomic mass is 10.1. The van der Waals surface area contributed by atoms with Crippen LogP contribution in [0.5, 0.6) is 0 Å². The molecule has 0 aliphatic rings. The molecule has 0 N–H and O–H groups in total. The first-order valence-corrected chi connectivity index (χ1v) is 4.47. The highest BCUT2D eigenvalue weighted by Gasteiger charge is 2.02. The third kappa shape index (κ3) is 1.81. The zero-order valence-electron chi connectivity index (χ0n) is 6.72. The van der Waals surface area contributed by atoms with Crippen LogP contribution in [-0.2, 0) is 6.42 Å². The molecule has 0 aliphatic heterocycles. The molecule has 0 amide bonds. The molecule has 0 radical (unpaired) electrons. The number of hydrogen-bond acceptors (Lipinski definition) is 2. The molecule has 0 saturated carbocycles. The molecule has 0 saturated heterocycles. The lowest BCUT2D eigenvalue weighted by Crippen LogP contribution is -1.95. The summed E-state index contributed by atoms with van der Waals surface area (Å²) < 4.78 is 0. The molecule has 2 heteroatoms. The topological polar surface area (TPSA) is 12.9 Å². The summed E-state index contributed by atoms with van der Waals surface area (Å²) in [5.74, 6) is 0.723. The van der Waals surface area contributed by atoms with Gasteiger partial charge in [0.15, 0.2) is 0 Å². The first kappa shape index (κ1) is 7.73. The van der Waals surface area contributed by atoms with Crippen molar-refractivity contribution in [2.45, 2.75) is 27.2 Å². The largest absolute Gasteiger partial charge is 0.249 e. The van der Waals surface area contributed by atoms with Gasteiger partial charge in [-0.15, -0.1) is 11.3 Å². The molecule has 1 rings (SSSR count). The van der Waals surface area contributed by atoms with Gasteiger partial charge < -0.3 is 0 Å². The molecule has 0 aliphatic carbocycles. The van der Waals surface area contributed by atoms with E-state index in [4.69, 9.17) is 0 Å². The lowest BCUT2D eigenvalue weighted by Gasteiger charge is -2.00. The molecule has 1 aromatic heterocycles. The van der Waals surface area contributed by atoms with Crippen LogP contribution in [0.1, 0.15) is 24.4 Å². The fourth-order valence-electron chi connectivity index (χ4n) is 0.911. The summed E-state index contributed by atoms with van der Waals surface area (Å²) in [6.07, 6.45) is 1.12. The van der Waals surface area contributed by atoms with Gasteiger partial charge in [-0.3, -0.25) is 0 Å². The van der Waals surface area contributed by atoms with Crippen molar-refractivity contribution in [2.75, 3.05) is 0 Å². The zero-order chi connectivity index (χ0) is 7.56. The highest BCUT2D eigenvalue weighted by Crippen LogP contribution is 2.14. The minimum atomic E-state index is 0.723. The second kappa shape index (κ2) is 3.15. The van der Waals surface area contributed by atoms with Crippen molar-refractivity contribution in [2.24, 2.45) is 5.92 Å².